The lowest BCUT2D eigenvalue weighted by Gasteiger charge is -2.47. The van der Waals surface area contributed by atoms with Gasteiger partial charge < -0.3 is 25.0 Å². The van der Waals surface area contributed by atoms with E-state index in [0.717, 1.165) is 51.5 Å². The second kappa shape index (κ2) is 8.36. The van der Waals surface area contributed by atoms with Gasteiger partial charge in [-0.25, -0.2) is 4.99 Å². The number of hydrogen-bond donors (Lipinski definition) is 2. The van der Waals surface area contributed by atoms with Crippen LogP contribution in [0, 0.1) is 0 Å². The van der Waals surface area contributed by atoms with Crippen molar-refractivity contribution in [1.29, 1.82) is 0 Å². The molecule has 0 aromatic carbocycles. The highest BCUT2D eigenvalue weighted by atomic mass is 16.5. The minimum Gasteiger partial charge on any atom is -0.381 e. The molecule has 1 unspecified atom stereocenters. The van der Waals surface area contributed by atoms with E-state index in [4.69, 9.17) is 9.47 Å². The minimum absolute atomic E-state index is 0.00974. The molecule has 7 heteroatoms. The monoisotopic (exact) mass is 352 g/mol. The Hall–Kier alpha value is -1.34. The fourth-order valence-corrected chi connectivity index (χ4v) is 3.72. The summed E-state index contributed by atoms with van der Waals surface area (Å²) in [6.07, 6.45) is 7.57. The first-order valence-corrected chi connectivity index (χ1v) is 9.56. The van der Waals surface area contributed by atoms with Gasteiger partial charge in [-0.2, -0.15) is 0 Å². The van der Waals surface area contributed by atoms with E-state index in [1.165, 1.54) is 19.3 Å². The van der Waals surface area contributed by atoms with E-state index < -0.39 is 0 Å². The Kier molecular flexibility index (Phi) is 6.17. The van der Waals surface area contributed by atoms with Gasteiger partial charge in [-0.15, -0.1) is 0 Å². The number of carbonyl (C=O) groups excluding carboxylic acids is 1. The van der Waals surface area contributed by atoms with Crippen molar-refractivity contribution >= 4 is 11.9 Å². The van der Waals surface area contributed by atoms with Crippen LogP contribution in [0.4, 0.5) is 0 Å². The van der Waals surface area contributed by atoms with Crippen molar-refractivity contribution in [1.82, 2.24) is 15.5 Å². The second-order valence-electron chi connectivity index (χ2n) is 7.70. The zero-order chi connectivity index (χ0) is 17.7. The van der Waals surface area contributed by atoms with Crippen molar-refractivity contribution < 1.29 is 14.3 Å². The molecule has 1 aliphatic carbocycles. The van der Waals surface area contributed by atoms with E-state index in [0.29, 0.717) is 12.1 Å². The number of aliphatic imine (C=N–C) groups is 1. The highest BCUT2D eigenvalue weighted by Crippen LogP contribution is 2.42. The molecule has 142 valence electrons. The van der Waals surface area contributed by atoms with Crippen LogP contribution in [0.15, 0.2) is 4.99 Å². The summed E-state index contributed by atoms with van der Waals surface area (Å²) < 4.78 is 11.4. The summed E-state index contributed by atoms with van der Waals surface area (Å²) in [5, 5.41) is 7.08. The maximum absolute atomic E-state index is 11.9. The molecule has 1 atom stereocenters. The predicted molar refractivity (Wildman–Crippen MR) is 96.7 cm³/mol. The van der Waals surface area contributed by atoms with E-state index in [1.54, 1.807) is 19.0 Å². The smallest absolute Gasteiger partial charge is 0.243 e. The zero-order valence-corrected chi connectivity index (χ0v) is 15.6. The van der Waals surface area contributed by atoms with Gasteiger partial charge in [0.05, 0.1) is 5.60 Å². The van der Waals surface area contributed by atoms with Crippen molar-refractivity contribution in [2.45, 2.75) is 62.6 Å². The molecular formula is C18H32N4O3. The van der Waals surface area contributed by atoms with Crippen molar-refractivity contribution in [3.8, 4) is 0 Å². The molecule has 3 aliphatic rings. The van der Waals surface area contributed by atoms with Gasteiger partial charge in [0.1, 0.15) is 6.54 Å². The van der Waals surface area contributed by atoms with E-state index in [2.05, 4.69) is 15.6 Å². The topological polar surface area (TPSA) is 75.2 Å². The third-order valence-electron chi connectivity index (χ3n) is 5.53. The molecule has 1 amide bonds. The Morgan fingerprint density at radius 1 is 1.12 bits per heavy atom. The van der Waals surface area contributed by atoms with Gasteiger partial charge in [0.25, 0.3) is 0 Å². The summed E-state index contributed by atoms with van der Waals surface area (Å²) in [7, 11) is 3.52. The molecule has 1 saturated carbocycles. The number of ether oxygens (including phenoxy) is 2. The van der Waals surface area contributed by atoms with Crippen LogP contribution in [0.3, 0.4) is 0 Å². The van der Waals surface area contributed by atoms with E-state index in [-0.39, 0.29) is 18.1 Å². The van der Waals surface area contributed by atoms with Gasteiger partial charge in [0, 0.05) is 46.0 Å². The quantitative estimate of drug-likeness (QED) is 0.581. The van der Waals surface area contributed by atoms with Crippen LogP contribution in [-0.4, -0.2) is 74.9 Å². The van der Waals surface area contributed by atoms with Crippen LogP contribution in [-0.2, 0) is 14.3 Å². The summed E-state index contributed by atoms with van der Waals surface area (Å²) in [6.45, 7) is 2.53. The van der Waals surface area contributed by atoms with Crippen molar-refractivity contribution in [3.63, 3.8) is 0 Å². The Labute approximate surface area is 150 Å². The Morgan fingerprint density at radius 2 is 1.80 bits per heavy atom. The minimum atomic E-state index is 0.00974. The molecule has 1 spiro atoms. The fourth-order valence-electron chi connectivity index (χ4n) is 3.72. The molecular weight excluding hydrogens is 320 g/mol. The molecule has 25 heavy (non-hydrogen) atoms. The highest BCUT2D eigenvalue weighted by Gasteiger charge is 2.42. The SMILES string of the molecule is CN(C)C(=O)CN=C(NC1CCOCC1)NC1CCOC2(CCC2)C1. The Bertz CT molecular complexity index is 485. The maximum Gasteiger partial charge on any atom is 0.243 e. The van der Waals surface area contributed by atoms with Gasteiger partial charge in [-0.3, -0.25) is 4.79 Å². The van der Waals surface area contributed by atoms with Gasteiger partial charge in [-0.05, 0) is 44.9 Å². The predicted octanol–water partition coefficient (Wildman–Crippen LogP) is 0.891. The van der Waals surface area contributed by atoms with Crippen molar-refractivity contribution in [2.24, 2.45) is 4.99 Å². The summed E-state index contributed by atoms with van der Waals surface area (Å²) in [4.78, 5) is 18.0. The van der Waals surface area contributed by atoms with Gasteiger partial charge >= 0.3 is 0 Å². The summed E-state index contributed by atoms with van der Waals surface area (Å²) in [5.74, 6) is 0.763. The molecule has 2 N–H and O–H groups in total. The number of rotatable bonds is 4. The molecule has 2 aliphatic heterocycles. The average Bonchev–Trinajstić information content (AvgIpc) is 2.59. The summed E-state index contributed by atoms with van der Waals surface area (Å²) >= 11 is 0. The lowest BCUT2D eigenvalue weighted by atomic mass is 9.74. The van der Waals surface area contributed by atoms with Gasteiger partial charge in [0.15, 0.2) is 5.96 Å². The van der Waals surface area contributed by atoms with Gasteiger partial charge in [0.2, 0.25) is 5.91 Å². The molecule has 7 nitrogen and oxygen atoms in total. The molecule has 3 fully saturated rings. The van der Waals surface area contributed by atoms with Crippen LogP contribution < -0.4 is 10.6 Å². The summed E-state index contributed by atoms with van der Waals surface area (Å²) in [6, 6.07) is 0.710. The highest BCUT2D eigenvalue weighted by molar-refractivity contribution is 5.85. The maximum atomic E-state index is 11.9. The van der Waals surface area contributed by atoms with Crippen LogP contribution in [0.5, 0.6) is 0 Å². The first-order valence-electron chi connectivity index (χ1n) is 9.56. The van der Waals surface area contributed by atoms with E-state index in [9.17, 15) is 4.79 Å². The third-order valence-corrected chi connectivity index (χ3v) is 5.53. The molecule has 3 rings (SSSR count). The summed E-state index contributed by atoms with van der Waals surface area (Å²) in [5.41, 5.74) is 0.0964. The molecule has 2 heterocycles. The molecule has 0 aromatic heterocycles. The average molecular weight is 352 g/mol. The normalized spacial score (nSPS) is 26.8. The zero-order valence-electron chi connectivity index (χ0n) is 15.6. The molecule has 0 bridgehead atoms. The number of nitrogens with one attached hydrogen (secondary N) is 2. The number of carbonyl (C=O) groups is 1. The van der Waals surface area contributed by atoms with Crippen molar-refractivity contribution in [2.75, 3.05) is 40.5 Å². The van der Waals surface area contributed by atoms with Crippen LogP contribution in [0.1, 0.15) is 44.9 Å². The molecule has 0 aromatic rings. The Balaban J connectivity index is 1.60. The van der Waals surface area contributed by atoms with Crippen LogP contribution in [0.2, 0.25) is 0 Å². The van der Waals surface area contributed by atoms with Gasteiger partial charge in [-0.1, -0.05) is 0 Å². The van der Waals surface area contributed by atoms with Crippen LogP contribution in [0.25, 0.3) is 0 Å². The standard InChI is InChI=1S/C18H32N4O3/c1-22(2)16(23)13-19-17(20-14-4-9-24-10-5-14)21-15-6-11-25-18(12-15)7-3-8-18/h14-15H,3-13H2,1-2H3,(H2,19,20,21). The van der Waals surface area contributed by atoms with Crippen LogP contribution >= 0.6 is 0 Å². The molecule has 0 radical (unpaired) electrons. The second-order valence-corrected chi connectivity index (χ2v) is 7.70. The van der Waals surface area contributed by atoms with Crippen molar-refractivity contribution in [3.05, 3.63) is 0 Å². The number of nitrogens with zero attached hydrogens (tertiary/aromatic N) is 2. The lowest BCUT2D eigenvalue weighted by Crippen LogP contribution is -2.55. The van der Waals surface area contributed by atoms with E-state index >= 15 is 0 Å². The lowest BCUT2D eigenvalue weighted by molar-refractivity contribution is -0.134. The molecule has 2 saturated heterocycles. The number of hydrogen-bond acceptors (Lipinski definition) is 4. The number of guanidine groups is 1. The number of likely N-dealkylation sites (N-methyl/N-ethyl adjacent to an activating group) is 1. The fraction of sp³-hybridized carbons (Fsp3) is 0.889. The largest absolute Gasteiger partial charge is 0.381 e. The number of amides is 1. The first-order chi connectivity index (χ1) is 12.1. The first kappa shape index (κ1) is 18.5. The van der Waals surface area contributed by atoms with E-state index in [1.807, 2.05) is 0 Å². The third kappa shape index (κ3) is 5.07. The Morgan fingerprint density at radius 3 is 2.44 bits per heavy atom.